The normalized spacial score (nSPS) is 28.0. The molecule has 0 bridgehead atoms. The predicted molar refractivity (Wildman–Crippen MR) is 86.6 cm³/mol. The maximum Gasteiger partial charge on any atom is 0.225 e. The van der Waals surface area contributed by atoms with Crippen LogP contribution in [0.1, 0.15) is 31.7 Å². The van der Waals surface area contributed by atoms with E-state index in [4.69, 9.17) is 4.74 Å². The Morgan fingerprint density at radius 3 is 2.87 bits per heavy atom. The van der Waals surface area contributed by atoms with Gasteiger partial charge >= 0.3 is 0 Å². The van der Waals surface area contributed by atoms with Crippen molar-refractivity contribution in [2.24, 2.45) is 5.92 Å². The van der Waals surface area contributed by atoms with E-state index in [0.29, 0.717) is 26.1 Å². The van der Waals surface area contributed by atoms with Crippen LogP contribution in [0.2, 0.25) is 0 Å². The Morgan fingerprint density at radius 2 is 2.17 bits per heavy atom. The molecule has 2 unspecified atom stereocenters. The van der Waals surface area contributed by atoms with Crippen LogP contribution in [-0.4, -0.2) is 42.0 Å². The maximum atomic E-state index is 12.5. The molecule has 0 aromatic heterocycles. The molecule has 2 amide bonds. The van der Waals surface area contributed by atoms with E-state index >= 15 is 0 Å². The molecule has 2 aliphatic rings. The Kier molecular flexibility index (Phi) is 4.66. The first-order valence-corrected chi connectivity index (χ1v) is 8.27. The Labute approximate surface area is 137 Å². The zero-order valence-corrected chi connectivity index (χ0v) is 13.6. The molecular formula is C18H24N2O3. The monoisotopic (exact) mass is 316 g/mol. The molecule has 1 aromatic carbocycles. The highest BCUT2D eigenvalue weighted by atomic mass is 16.5. The molecule has 2 heterocycles. The summed E-state index contributed by atoms with van der Waals surface area (Å²) in [6.45, 7) is 4.40. The van der Waals surface area contributed by atoms with Crippen molar-refractivity contribution in [2.75, 3.05) is 19.8 Å². The molecule has 1 aromatic rings. The lowest BCUT2D eigenvalue weighted by Gasteiger charge is -2.35. The summed E-state index contributed by atoms with van der Waals surface area (Å²) in [7, 11) is 0. The summed E-state index contributed by atoms with van der Waals surface area (Å²) >= 11 is 0. The smallest absolute Gasteiger partial charge is 0.225 e. The molecule has 0 aliphatic carbocycles. The molecule has 0 spiro atoms. The average Bonchev–Trinajstić information content (AvgIpc) is 2.90. The van der Waals surface area contributed by atoms with Gasteiger partial charge in [0.1, 0.15) is 0 Å². The summed E-state index contributed by atoms with van der Waals surface area (Å²) in [5, 5.41) is 3.10. The Hall–Kier alpha value is -1.88. The molecule has 23 heavy (non-hydrogen) atoms. The largest absolute Gasteiger partial charge is 0.379 e. The van der Waals surface area contributed by atoms with Gasteiger partial charge in [-0.3, -0.25) is 9.59 Å². The van der Waals surface area contributed by atoms with Gasteiger partial charge in [-0.1, -0.05) is 30.3 Å². The number of carbonyl (C=O) groups excluding carboxylic acids is 2. The van der Waals surface area contributed by atoms with E-state index in [9.17, 15) is 9.59 Å². The summed E-state index contributed by atoms with van der Waals surface area (Å²) in [5.41, 5.74) is 0.792. The number of carbonyl (C=O) groups is 2. The average molecular weight is 316 g/mol. The minimum absolute atomic E-state index is 0.0260. The Bertz CT molecular complexity index is 567. The van der Waals surface area contributed by atoms with E-state index in [1.54, 1.807) is 4.90 Å². The van der Waals surface area contributed by atoms with Crippen LogP contribution in [0.25, 0.3) is 0 Å². The number of rotatable bonds is 4. The molecule has 5 nitrogen and oxygen atoms in total. The molecule has 3 rings (SSSR count). The molecule has 2 saturated heterocycles. The van der Waals surface area contributed by atoms with E-state index < -0.39 is 0 Å². The third-order valence-corrected chi connectivity index (χ3v) is 4.66. The van der Waals surface area contributed by atoms with Crippen LogP contribution in [0, 0.1) is 5.92 Å². The maximum absolute atomic E-state index is 12.5. The summed E-state index contributed by atoms with van der Waals surface area (Å²) in [6, 6.07) is 9.88. The summed E-state index contributed by atoms with van der Waals surface area (Å²) in [6.07, 6.45) is 2.18. The number of likely N-dealkylation sites (tertiary alicyclic amines) is 1. The third-order valence-electron chi connectivity index (χ3n) is 4.66. The molecule has 2 atom stereocenters. The van der Waals surface area contributed by atoms with E-state index in [-0.39, 0.29) is 23.3 Å². The number of nitrogens with zero attached hydrogens (tertiary/aromatic N) is 1. The molecule has 2 fully saturated rings. The quantitative estimate of drug-likeness (QED) is 0.920. The SMILES string of the molecule is CC1(NC(=O)C2CC(=O)N(Cc3ccccc3)C2)CCCOC1. The minimum atomic E-state index is -0.300. The number of hydrogen-bond donors (Lipinski definition) is 1. The zero-order valence-electron chi connectivity index (χ0n) is 13.6. The van der Waals surface area contributed by atoms with Gasteiger partial charge in [-0.15, -0.1) is 0 Å². The van der Waals surface area contributed by atoms with Gasteiger partial charge in [0, 0.05) is 26.1 Å². The van der Waals surface area contributed by atoms with Crippen LogP contribution < -0.4 is 5.32 Å². The summed E-state index contributed by atoms with van der Waals surface area (Å²) in [4.78, 5) is 26.5. The van der Waals surface area contributed by atoms with Crippen LogP contribution in [0.3, 0.4) is 0 Å². The fourth-order valence-electron chi connectivity index (χ4n) is 3.34. The lowest BCUT2D eigenvalue weighted by atomic mass is 9.93. The van der Waals surface area contributed by atoms with Crippen molar-refractivity contribution in [2.45, 2.75) is 38.3 Å². The van der Waals surface area contributed by atoms with Gasteiger partial charge < -0.3 is 15.0 Å². The second kappa shape index (κ2) is 6.71. The van der Waals surface area contributed by atoms with E-state index in [1.165, 1.54) is 0 Å². The van der Waals surface area contributed by atoms with E-state index in [0.717, 1.165) is 25.0 Å². The summed E-state index contributed by atoms with van der Waals surface area (Å²) < 4.78 is 5.48. The number of benzene rings is 1. The van der Waals surface area contributed by atoms with Gasteiger partial charge in [0.25, 0.3) is 0 Å². The molecular weight excluding hydrogens is 292 g/mol. The van der Waals surface area contributed by atoms with Crippen molar-refractivity contribution < 1.29 is 14.3 Å². The highest BCUT2D eigenvalue weighted by Crippen LogP contribution is 2.23. The molecule has 1 N–H and O–H groups in total. The van der Waals surface area contributed by atoms with Gasteiger partial charge in [0.2, 0.25) is 11.8 Å². The first-order chi connectivity index (χ1) is 11.1. The highest BCUT2D eigenvalue weighted by molar-refractivity contribution is 5.89. The van der Waals surface area contributed by atoms with Gasteiger partial charge in [-0.05, 0) is 25.3 Å². The lowest BCUT2D eigenvalue weighted by Crippen LogP contribution is -2.53. The van der Waals surface area contributed by atoms with Gasteiger partial charge in [0.05, 0.1) is 18.1 Å². The standard InChI is InChI=1S/C18H24N2O3/c1-18(8-5-9-23-13-18)19-17(22)15-10-16(21)20(12-15)11-14-6-3-2-4-7-14/h2-4,6-7,15H,5,8-13H2,1H3,(H,19,22). The molecule has 2 aliphatic heterocycles. The van der Waals surface area contributed by atoms with Crippen molar-refractivity contribution in [3.05, 3.63) is 35.9 Å². The zero-order chi connectivity index (χ0) is 16.3. The molecule has 124 valence electrons. The number of amides is 2. The number of hydrogen-bond acceptors (Lipinski definition) is 3. The van der Waals surface area contributed by atoms with E-state index in [2.05, 4.69) is 5.32 Å². The molecule has 0 saturated carbocycles. The van der Waals surface area contributed by atoms with Crippen LogP contribution in [0.5, 0.6) is 0 Å². The second-order valence-electron chi connectivity index (χ2n) is 6.87. The lowest BCUT2D eigenvalue weighted by molar-refractivity contribution is -0.130. The highest BCUT2D eigenvalue weighted by Gasteiger charge is 2.37. The summed E-state index contributed by atoms with van der Waals surface area (Å²) in [5.74, 6) is -0.231. The van der Waals surface area contributed by atoms with Gasteiger partial charge in [0.15, 0.2) is 0 Å². The van der Waals surface area contributed by atoms with Crippen molar-refractivity contribution in [1.82, 2.24) is 10.2 Å². The number of ether oxygens (including phenoxy) is 1. The van der Waals surface area contributed by atoms with Crippen LogP contribution in [-0.2, 0) is 20.9 Å². The van der Waals surface area contributed by atoms with Crippen molar-refractivity contribution in [3.63, 3.8) is 0 Å². The van der Waals surface area contributed by atoms with Gasteiger partial charge in [-0.2, -0.15) is 0 Å². The third kappa shape index (κ3) is 3.91. The molecule has 0 radical (unpaired) electrons. The van der Waals surface area contributed by atoms with Gasteiger partial charge in [-0.25, -0.2) is 0 Å². The van der Waals surface area contributed by atoms with Crippen LogP contribution in [0.15, 0.2) is 30.3 Å². The first-order valence-electron chi connectivity index (χ1n) is 8.27. The minimum Gasteiger partial charge on any atom is -0.379 e. The van der Waals surface area contributed by atoms with Crippen molar-refractivity contribution in [3.8, 4) is 0 Å². The van der Waals surface area contributed by atoms with Crippen molar-refractivity contribution >= 4 is 11.8 Å². The first kappa shape index (κ1) is 16.0. The van der Waals surface area contributed by atoms with Crippen LogP contribution >= 0.6 is 0 Å². The topological polar surface area (TPSA) is 58.6 Å². The van der Waals surface area contributed by atoms with E-state index in [1.807, 2.05) is 37.3 Å². The predicted octanol–water partition coefficient (Wildman–Crippen LogP) is 1.72. The number of nitrogens with one attached hydrogen (secondary N) is 1. The van der Waals surface area contributed by atoms with Crippen molar-refractivity contribution in [1.29, 1.82) is 0 Å². The fraction of sp³-hybridized carbons (Fsp3) is 0.556. The molecule has 5 heteroatoms. The fourth-order valence-corrected chi connectivity index (χ4v) is 3.34. The Morgan fingerprint density at radius 1 is 1.39 bits per heavy atom. The Balaban J connectivity index is 1.57. The van der Waals surface area contributed by atoms with Crippen LogP contribution in [0.4, 0.5) is 0 Å². The second-order valence-corrected chi connectivity index (χ2v) is 6.87.